The minimum atomic E-state index is -0.546. The van der Waals surface area contributed by atoms with Gasteiger partial charge in [-0.1, -0.05) is 18.2 Å². The lowest BCUT2D eigenvalue weighted by Gasteiger charge is -2.06. The Labute approximate surface area is 121 Å². The normalized spacial score (nSPS) is 9.95. The number of nitrogens with two attached hydrogens (primary N) is 2. The molecule has 0 heterocycles. The molecule has 2 aromatic rings. The molecule has 2 aromatic carbocycles. The number of carbonyl (C=O) groups excluding carboxylic acids is 2. The van der Waals surface area contributed by atoms with Gasteiger partial charge in [-0.05, 0) is 29.8 Å². The third-order valence-electron chi connectivity index (χ3n) is 2.69. The van der Waals surface area contributed by atoms with Crippen LogP contribution < -0.4 is 21.2 Å². The number of esters is 1. The number of hydrogen-bond acceptors (Lipinski definition) is 5. The van der Waals surface area contributed by atoms with E-state index in [1.807, 2.05) is 0 Å². The van der Waals surface area contributed by atoms with E-state index in [-0.39, 0.29) is 6.42 Å². The van der Waals surface area contributed by atoms with Crippen LogP contribution in [0.4, 0.5) is 0 Å². The van der Waals surface area contributed by atoms with Crippen molar-refractivity contribution in [2.75, 3.05) is 0 Å². The Morgan fingerprint density at radius 2 is 1.71 bits per heavy atom. The van der Waals surface area contributed by atoms with E-state index in [0.717, 1.165) is 0 Å². The Kier molecular flexibility index (Phi) is 4.53. The maximum atomic E-state index is 12.0. The average molecular weight is 286 g/mol. The third-order valence-corrected chi connectivity index (χ3v) is 2.69. The van der Waals surface area contributed by atoms with E-state index in [9.17, 15) is 9.59 Å². The molecule has 0 bridgehead atoms. The smallest absolute Gasteiger partial charge is 0.343 e. The van der Waals surface area contributed by atoms with Crippen molar-refractivity contribution in [2.45, 2.75) is 6.42 Å². The molecule has 0 aliphatic carbocycles. The number of amides is 1. The molecule has 108 valence electrons. The number of hydrogen-bond donors (Lipinski definition) is 2. The Hall–Kier alpha value is -2.86. The molecule has 0 atom stereocenters. The van der Waals surface area contributed by atoms with Gasteiger partial charge in [0.25, 0.3) is 0 Å². The van der Waals surface area contributed by atoms with Crippen LogP contribution in [0.15, 0.2) is 48.5 Å². The molecule has 0 fully saturated rings. The van der Waals surface area contributed by atoms with Gasteiger partial charge in [-0.25, -0.2) is 4.79 Å². The molecule has 21 heavy (non-hydrogen) atoms. The minimum Gasteiger partial charge on any atom is -0.423 e. The van der Waals surface area contributed by atoms with Gasteiger partial charge >= 0.3 is 5.97 Å². The van der Waals surface area contributed by atoms with E-state index in [1.54, 1.807) is 42.5 Å². The van der Waals surface area contributed by atoms with Crippen LogP contribution in [-0.2, 0) is 11.2 Å². The largest absolute Gasteiger partial charge is 0.423 e. The summed E-state index contributed by atoms with van der Waals surface area (Å²) in [5, 5.41) is 0. The van der Waals surface area contributed by atoms with Gasteiger partial charge in [0, 0.05) is 6.07 Å². The molecule has 6 heteroatoms. The van der Waals surface area contributed by atoms with Crippen molar-refractivity contribution in [3.05, 3.63) is 59.7 Å². The van der Waals surface area contributed by atoms with Gasteiger partial charge in [0.2, 0.25) is 5.91 Å². The maximum absolute atomic E-state index is 12.0. The lowest BCUT2D eigenvalue weighted by Crippen LogP contribution is -2.14. The van der Waals surface area contributed by atoms with Crippen LogP contribution in [0.1, 0.15) is 15.9 Å². The molecule has 0 unspecified atom stereocenters. The fourth-order valence-corrected chi connectivity index (χ4v) is 1.79. The van der Waals surface area contributed by atoms with Gasteiger partial charge in [-0.3, -0.25) is 4.79 Å². The van der Waals surface area contributed by atoms with E-state index in [4.69, 9.17) is 16.4 Å². The van der Waals surface area contributed by atoms with Crippen molar-refractivity contribution in [3.63, 3.8) is 0 Å². The van der Waals surface area contributed by atoms with Crippen LogP contribution in [0, 0.1) is 0 Å². The average Bonchev–Trinajstić information content (AvgIpc) is 2.47. The highest BCUT2D eigenvalue weighted by atomic mass is 16.6. The zero-order valence-corrected chi connectivity index (χ0v) is 11.1. The first-order valence-electron chi connectivity index (χ1n) is 6.14. The summed E-state index contributed by atoms with van der Waals surface area (Å²) in [6, 6.07) is 12.9. The zero-order chi connectivity index (χ0) is 15.2. The van der Waals surface area contributed by atoms with Gasteiger partial charge in [0.1, 0.15) is 5.75 Å². The molecule has 0 saturated carbocycles. The van der Waals surface area contributed by atoms with Crippen LogP contribution in [-0.4, -0.2) is 11.9 Å². The standard InChI is InChI=1S/C15H14N2O4/c16-14(18)8-10-3-1-4-11(7-10)15(19)20-12-5-2-6-13(9-12)21-17/h1-7,9H,8,17H2,(H2,16,18). The van der Waals surface area contributed by atoms with E-state index in [0.29, 0.717) is 22.6 Å². The molecule has 4 N–H and O–H groups in total. The van der Waals surface area contributed by atoms with Crippen LogP contribution in [0.25, 0.3) is 0 Å². The van der Waals surface area contributed by atoms with Gasteiger partial charge in [-0.15, -0.1) is 0 Å². The summed E-state index contributed by atoms with van der Waals surface area (Å²) in [5.74, 6) is 4.72. The Balaban J connectivity index is 2.14. The maximum Gasteiger partial charge on any atom is 0.343 e. The summed E-state index contributed by atoms with van der Waals surface area (Å²) in [4.78, 5) is 27.5. The predicted octanol–water partition coefficient (Wildman–Crippen LogP) is 1.19. The second-order valence-corrected chi connectivity index (χ2v) is 4.33. The Bertz CT molecular complexity index is 670. The summed E-state index contributed by atoms with van der Waals surface area (Å²) in [7, 11) is 0. The first-order chi connectivity index (χ1) is 10.1. The van der Waals surface area contributed by atoms with Gasteiger partial charge < -0.3 is 15.3 Å². The summed E-state index contributed by atoms with van der Waals surface area (Å²) in [6.45, 7) is 0. The number of benzene rings is 2. The number of primary amides is 1. The van der Waals surface area contributed by atoms with E-state index < -0.39 is 11.9 Å². The summed E-state index contributed by atoms with van der Waals surface area (Å²) in [5.41, 5.74) is 6.10. The molecule has 2 rings (SSSR count). The van der Waals surface area contributed by atoms with Crippen molar-refractivity contribution in [1.29, 1.82) is 0 Å². The molecule has 0 aromatic heterocycles. The third kappa shape index (κ3) is 4.05. The fourth-order valence-electron chi connectivity index (χ4n) is 1.79. The van der Waals surface area contributed by atoms with Crippen molar-refractivity contribution < 1.29 is 19.2 Å². The predicted molar refractivity (Wildman–Crippen MR) is 75.6 cm³/mol. The Morgan fingerprint density at radius 3 is 2.43 bits per heavy atom. The molecule has 6 nitrogen and oxygen atoms in total. The van der Waals surface area contributed by atoms with Crippen molar-refractivity contribution in [1.82, 2.24) is 0 Å². The molecular formula is C15H14N2O4. The van der Waals surface area contributed by atoms with Crippen LogP contribution in [0.3, 0.4) is 0 Å². The number of rotatable bonds is 5. The molecule has 0 saturated heterocycles. The second kappa shape index (κ2) is 6.53. The van der Waals surface area contributed by atoms with Gasteiger partial charge in [0.15, 0.2) is 5.75 Å². The first-order valence-corrected chi connectivity index (χ1v) is 6.14. The lowest BCUT2D eigenvalue weighted by atomic mass is 10.1. The van der Waals surface area contributed by atoms with Crippen LogP contribution >= 0.6 is 0 Å². The van der Waals surface area contributed by atoms with Crippen molar-refractivity contribution in [2.24, 2.45) is 11.6 Å². The van der Waals surface area contributed by atoms with Crippen LogP contribution in [0.5, 0.6) is 11.5 Å². The van der Waals surface area contributed by atoms with E-state index >= 15 is 0 Å². The quantitative estimate of drug-likeness (QED) is 0.488. The number of ether oxygens (including phenoxy) is 1. The van der Waals surface area contributed by atoms with E-state index in [2.05, 4.69) is 4.84 Å². The molecule has 0 radical (unpaired) electrons. The summed E-state index contributed by atoms with van der Waals surface area (Å²) >= 11 is 0. The lowest BCUT2D eigenvalue weighted by molar-refractivity contribution is -0.117. The van der Waals surface area contributed by atoms with Crippen molar-refractivity contribution in [3.8, 4) is 11.5 Å². The highest BCUT2D eigenvalue weighted by Crippen LogP contribution is 2.19. The van der Waals surface area contributed by atoms with E-state index in [1.165, 1.54) is 6.07 Å². The number of carbonyl (C=O) groups is 2. The second-order valence-electron chi connectivity index (χ2n) is 4.33. The van der Waals surface area contributed by atoms with Crippen molar-refractivity contribution >= 4 is 11.9 Å². The zero-order valence-electron chi connectivity index (χ0n) is 11.1. The SMILES string of the molecule is NOc1cccc(OC(=O)c2cccc(CC(N)=O)c2)c1. The molecule has 0 aliphatic rings. The fraction of sp³-hybridized carbons (Fsp3) is 0.0667. The molecule has 1 amide bonds. The molecular weight excluding hydrogens is 272 g/mol. The highest BCUT2D eigenvalue weighted by Gasteiger charge is 2.10. The monoisotopic (exact) mass is 286 g/mol. The highest BCUT2D eigenvalue weighted by molar-refractivity contribution is 5.91. The molecule has 0 spiro atoms. The molecule has 0 aliphatic heterocycles. The minimum absolute atomic E-state index is 0.0671. The first kappa shape index (κ1) is 14.5. The summed E-state index contributed by atoms with van der Waals surface area (Å²) < 4.78 is 5.21. The Morgan fingerprint density at radius 1 is 1.00 bits per heavy atom. The van der Waals surface area contributed by atoms with Gasteiger partial charge in [0.05, 0.1) is 12.0 Å². The van der Waals surface area contributed by atoms with Crippen LogP contribution in [0.2, 0.25) is 0 Å². The summed E-state index contributed by atoms with van der Waals surface area (Å²) in [6.07, 6.45) is 0.0671. The topological polar surface area (TPSA) is 105 Å². The van der Waals surface area contributed by atoms with Gasteiger partial charge in [-0.2, -0.15) is 5.90 Å².